The maximum atomic E-state index is 12.2. The second-order valence-electron chi connectivity index (χ2n) is 5.56. The molecule has 0 amide bonds. The Balaban J connectivity index is 2.67. The lowest BCUT2D eigenvalue weighted by molar-refractivity contribution is -0.145. The van der Waals surface area contributed by atoms with Gasteiger partial charge in [-0.2, -0.15) is 0 Å². The third-order valence-electron chi connectivity index (χ3n) is 3.61. The van der Waals surface area contributed by atoms with Crippen LogP contribution in [0.4, 0.5) is 0 Å². The van der Waals surface area contributed by atoms with Crippen LogP contribution in [0.2, 0.25) is 0 Å². The Morgan fingerprint density at radius 2 is 1.84 bits per heavy atom. The first-order valence-electron chi connectivity index (χ1n) is 8.32. The van der Waals surface area contributed by atoms with Gasteiger partial charge in [-0.05, 0) is 25.0 Å². The topological polar surface area (TPSA) is 89.9 Å². The summed E-state index contributed by atoms with van der Waals surface area (Å²) in [6.07, 6.45) is 5.03. The van der Waals surface area contributed by atoms with Crippen LogP contribution in [0, 0.1) is 0 Å². The fraction of sp³-hybridized carbons (Fsp3) is 0.421. The van der Waals surface area contributed by atoms with Gasteiger partial charge in [-0.3, -0.25) is 0 Å². The van der Waals surface area contributed by atoms with Crippen molar-refractivity contribution in [3.63, 3.8) is 0 Å². The Labute approximate surface area is 147 Å². The lowest BCUT2D eigenvalue weighted by Crippen LogP contribution is -2.25. The standard InChI is InChI=1S/C19H24O6/c1-3-5-6-7-10-14(25-17(20)4-2)13-24-19(23)16-12-9-8-11-15(16)18(21)22/h4,8-9,11-12,14H,2-3,5-7,10,13H2,1H3,(H,21,22). The highest BCUT2D eigenvalue weighted by Gasteiger charge is 2.20. The molecule has 0 bridgehead atoms. The van der Waals surface area contributed by atoms with Gasteiger partial charge in [0.2, 0.25) is 0 Å². The number of carbonyl (C=O) groups excluding carboxylic acids is 2. The third-order valence-corrected chi connectivity index (χ3v) is 3.61. The van der Waals surface area contributed by atoms with E-state index in [-0.39, 0.29) is 17.7 Å². The van der Waals surface area contributed by atoms with Crippen molar-refractivity contribution in [3.8, 4) is 0 Å². The quantitative estimate of drug-likeness (QED) is 0.373. The van der Waals surface area contributed by atoms with E-state index in [1.54, 1.807) is 6.07 Å². The maximum Gasteiger partial charge on any atom is 0.339 e. The van der Waals surface area contributed by atoms with Gasteiger partial charge in [0, 0.05) is 6.08 Å². The zero-order chi connectivity index (χ0) is 18.7. The van der Waals surface area contributed by atoms with Gasteiger partial charge in [-0.1, -0.05) is 44.9 Å². The lowest BCUT2D eigenvalue weighted by atomic mass is 10.1. The van der Waals surface area contributed by atoms with Crippen molar-refractivity contribution in [2.75, 3.05) is 6.61 Å². The van der Waals surface area contributed by atoms with E-state index in [1.807, 2.05) is 0 Å². The SMILES string of the molecule is C=CC(=O)OC(CCCCCC)COC(=O)c1ccccc1C(=O)O. The largest absolute Gasteiger partial charge is 0.478 e. The molecule has 0 aliphatic heterocycles. The molecule has 0 fully saturated rings. The molecule has 0 aliphatic rings. The van der Waals surface area contributed by atoms with E-state index in [0.29, 0.717) is 6.42 Å². The number of esters is 2. The molecule has 1 atom stereocenters. The van der Waals surface area contributed by atoms with Crippen molar-refractivity contribution >= 4 is 17.9 Å². The molecule has 25 heavy (non-hydrogen) atoms. The number of aromatic carboxylic acids is 1. The predicted molar refractivity (Wildman–Crippen MR) is 92.5 cm³/mol. The molecular formula is C19H24O6. The van der Waals surface area contributed by atoms with E-state index in [1.165, 1.54) is 18.2 Å². The van der Waals surface area contributed by atoms with Crippen molar-refractivity contribution in [3.05, 3.63) is 48.0 Å². The number of carboxylic acid groups (broad SMARTS) is 1. The van der Waals surface area contributed by atoms with Crippen molar-refractivity contribution in [2.45, 2.75) is 45.1 Å². The second kappa shape index (κ2) is 11.0. The Bertz CT molecular complexity index is 608. The molecule has 0 aliphatic carbocycles. The first-order valence-corrected chi connectivity index (χ1v) is 8.32. The lowest BCUT2D eigenvalue weighted by Gasteiger charge is -2.17. The van der Waals surface area contributed by atoms with Crippen molar-refractivity contribution in [1.29, 1.82) is 0 Å². The number of ether oxygens (including phenoxy) is 2. The molecule has 0 heterocycles. The summed E-state index contributed by atoms with van der Waals surface area (Å²) in [4.78, 5) is 34.7. The number of hydrogen-bond acceptors (Lipinski definition) is 5. The molecular weight excluding hydrogens is 324 g/mol. The summed E-state index contributed by atoms with van der Waals surface area (Å²) in [7, 11) is 0. The summed E-state index contributed by atoms with van der Waals surface area (Å²) in [6.45, 7) is 5.32. The summed E-state index contributed by atoms with van der Waals surface area (Å²) in [5.41, 5.74) is -0.162. The predicted octanol–water partition coefficient (Wildman–Crippen LogP) is 3.61. The normalized spacial score (nSPS) is 11.4. The molecule has 0 radical (unpaired) electrons. The Hall–Kier alpha value is -2.63. The Morgan fingerprint density at radius 1 is 1.16 bits per heavy atom. The minimum absolute atomic E-state index is 0.0326. The van der Waals surface area contributed by atoms with Crippen LogP contribution in [0.3, 0.4) is 0 Å². The number of carboxylic acids is 1. The fourth-order valence-corrected chi connectivity index (χ4v) is 2.28. The van der Waals surface area contributed by atoms with Crippen molar-refractivity contribution in [2.24, 2.45) is 0 Å². The molecule has 1 unspecified atom stereocenters. The highest BCUT2D eigenvalue weighted by molar-refractivity contribution is 6.02. The van der Waals surface area contributed by atoms with Crippen LogP contribution in [-0.4, -0.2) is 35.7 Å². The van der Waals surface area contributed by atoms with Crippen LogP contribution in [0.1, 0.15) is 59.7 Å². The summed E-state index contributed by atoms with van der Waals surface area (Å²) in [5, 5.41) is 9.12. The van der Waals surface area contributed by atoms with Crippen LogP contribution in [-0.2, 0) is 14.3 Å². The van der Waals surface area contributed by atoms with Gasteiger partial charge in [0.05, 0.1) is 11.1 Å². The van der Waals surface area contributed by atoms with Gasteiger partial charge in [0.15, 0.2) is 0 Å². The third kappa shape index (κ3) is 7.20. The minimum Gasteiger partial charge on any atom is -0.478 e. The Kier molecular flexibility index (Phi) is 9.00. The zero-order valence-electron chi connectivity index (χ0n) is 14.4. The highest BCUT2D eigenvalue weighted by Crippen LogP contribution is 2.13. The Morgan fingerprint density at radius 3 is 2.44 bits per heavy atom. The molecule has 6 heteroatoms. The van der Waals surface area contributed by atoms with Gasteiger partial charge in [-0.15, -0.1) is 0 Å². The van der Waals surface area contributed by atoms with Gasteiger partial charge in [0.1, 0.15) is 12.7 Å². The van der Waals surface area contributed by atoms with Crippen LogP contribution in [0.25, 0.3) is 0 Å². The maximum absolute atomic E-state index is 12.2. The fourth-order valence-electron chi connectivity index (χ4n) is 2.28. The summed E-state index contributed by atoms with van der Waals surface area (Å²) >= 11 is 0. The van der Waals surface area contributed by atoms with Crippen molar-refractivity contribution < 1.29 is 29.0 Å². The van der Waals surface area contributed by atoms with Crippen LogP contribution in [0.15, 0.2) is 36.9 Å². The zero-order valence-corrected chi connectivity index (χ0v) is 14.4. The van der Waals surface area contributed by atoms with Crippen LogP contribution >= 0.6 is 0 Å². The molecule has 136 valence electrons. The van der Waals surface area contributed by atoms with E-state index in [9.17, 15) is 14.4 Å². The molecule has 0 spiro atoms. The first kappa shape index (κ1) is 20.4. The minimum atomic E-state index is -1.21. The molecule has 1 aromatic rings. The molecule has 0 saturated heterocycles. The number of unbranched alkanes of at least 4 members (excludes halogenated alkanes) is 3. The summed E-state index contributed by atoms with van der Waals surface area (Å²) in [6, 6.07) is 5.81. The average Bonchev–Trinajstić information content (AvgIpc) is 2.62. The van der Waals surface area contributed by atoms with E-state index in [0.717, 1.165) is 31.8 Å². The van der Waals surface area contributed by atoms with E-state index in [4.69, 9.17) is 14.6 Å². The highest BCUT2D eigenvalue weighted by atomic mass is 16.6. The van der Waals surface area contributed by atoms with Gasteiger partial charge < -0.3 is 14.6 Å². The van der Waals surface area contributed by atoms with Gasteiger partial charge >= 0.3 is 17.9 Å². The monoisotopic (exact) mass is 348 g/mol. The molecule has 0 saturated carbocycles. The van der Waals surface area contributed by atoms with Crippen LogP contribution in [0.5, 0.6) is 0 Å². The number of hydrogen-bond donors (Lipinski definition) is 1. The smallest absolute Gasteiger partial charge is 0.339 e. The number of benzene rings is 1. The van der Waals surface area contributed by atoms with E-state index in [2.05, 4.69) is 13.5 Å². The molecule has 1 aromatic carbocycles. The molecule has 0 aromatic heterocycles. The molecule has 6 nitrogen and oxygen atoms in total. The van der Waals surface area contributed by atoms with Crippen LogP contribution < -0.4 is 0 Å². The molecule has 1 N–H and O–H groups in total. The second-order valence-corrected chi connectivity index (χ2v) is 5.56. The summed E-state index contributed by atoms with van der Waals surface area (Å²) in [5.74, 6) is -2.55. The van der Waals surface area contributed by atoms with Gasteiger partial charge in [-0.25, -0.2) is 14.4 Å². The number of carbonyl (C=O) groups is 3. The van der Waals surface area contributed by atoms with E-state index < -0.39 is 24.0 Å². The summed E-state index contributed by atoms with van der Waals surface area (Å²) < 4.78 is 10.4. The molecule has 1 rings (SSSR count). The number of rotatable bonds is 11. The average molecular weight is 348 g/mol. The van der Waals surface area contributed by atoms with Crippen molar-refractivity contribution in [1.82, 2.24) is 0 Å². The van der Waals surface area contributed by atoms with Gasteiger partial charge in [0.25, 0.3) is 0 Å². The first-order chi connectivity index (χ1) is 12.0. The van der Waals surface area contributed by atoms with E-state index >= 15 is 0 Å².